The highest BCUT2D eigenvalue weighted by Crippen LogP contribution is 2.22. The molecule has 2 aromatic rings. The molecule has 1 saturated heterocycles. The van der Waals surface area contributed by atoms with E-state index in [-0.39, 0.29) is 5.91 Å². The van der Waals surface area contributed by atoms with Crippen LogP contribution in [-0.2, 0) is 4.79 Å². The summed E-state index contributed by atoms with van der Waals surface area (Å²) in [5, 5.41) is 3.05. The molecule has 1 fully saturated rings. The standard InChI is InChI=1S/C23H27N3O/c27-23(24-21-8-10-22(11-9-21)26-14-4-5-15-26)18-25-16-12-20(13-17-25)19-6-2-1-3-7-19/h1-3,6-12H,4-5,13-18H2,(H,24,27)/p+1. The summed E-state index contributed by atoms with van der Waals surface area (Å²) in [6.45, 7) is 4.71. The van der Waals surface area contributed by atoms with E-state index < -0.39 is 0 Å². The quantitative estimate of drug-likeness (QED) is 0.858. The topological polar surface area (TPSA) is 36.8 Å². The molecule has 4 heteroatoms. The Bertz CT molecular complexity index is 792. The molecular formula is C23H28N3O+. The van der Waals surface area contributed by atoms with Gasteiger partial charge in [0.15, 0.2) is 6.54 Å². The summed E-state index contributed by atoms with van der Waals surface area (Å²) < 4.78 is 0. The van der Waals surface area contributed by atoms with Crippen molar-refractivity contribution in [3.63, 3.8) is 0 Å². The minimum absolute atomic E-state index is 0.0930. The van der Waals surface area contributed by atoms with Crippen molar-refractivity contribution in [1.82, 2.24) is 0 Å². The molecule has 0 radical (unpaired) electrons. The number of hydrogen-bond donors (Lipinski definition) is 2. The zero-order valence-electron chi connectivity index (χ0n) is 15.8. The molecule has 140 valence electrons. The molecule has 0 bridgehead atoms. The highest BCUT2D eigenvalue weighted by atomic mass is 16.2. The van der Waals surface area contributed by atoms with Gasteiger partial charge >= 0.3 is 0 Å². The Labute approximate surface area is 161 Å². The minimum Gasteiger partial charge on any atom is -0.372 e. The van der Waals surface area contributed by atoms with E-state index in [1.807, 2.05) is 18.2 Å². The normalized spacial score (nSPS) is 19.6. The molecule has 4 rings (SSSR count). The zero-order chi connectivity index (χ0) is 18.5. The first-order chi connectivity index (χ1) is 13.3. The number of carbonyl (C=O) groups excluding carboxylic acids is 1. The number of rotatable bonds is 5. The SMILES string of the molecule is O=C(C[NH+]1CC=C(c2ccccc2)CC1)Nc1ccc(N2CCCC2)cc1. The van der Waals surface area contributed by atoms with Gasteiger partial charge in [0.25, 0.3) is 5.91 Å². The van der Waals surface area contributed by atoms with Gasteiger partial charge in [-0.25, -0.2) is 0 Å². The smallest absolute Gasteiger partial charge is 0.279 e. The Morgan fingerprint density at radius 3 is 2.41 bits per heavy atom. The summed E-state index contributed by atoms with van der Waals surface area (Å²) >= 11 is 0. The number of nitrogens with one attached hydrogen (secondary N) is 2. The van der Waals surface area contributed by atoms with E-state index in [2.05, 4.69) is 52.7 Å². The van der Waals surface area contributed by atoms with E-state index in [1.165, 1.54) is 34.6 Å². The van der Waals surface area contributed by atoms with Gasteiger partial charge in [0.1, 0.15) is 0 Å². The molecule has 2 N–H and O–H groups in total. The lowest BCUT2D eigenvalue weighted by molar-refractivity contribution is -0.886. The van der Waals surface area contributed by atoms with Crippen LogP contribution in [0.1, 0.15) is 24.8 Å². The number of hydrogen-bond acceptors (Lipinski definition) is 2. The van der Waals surface area contributed by atoms with Crippen LogP contribution in [-0.4, -0.2) is 38.6 Å². The van der Waals surface area contributed by atoms with E-state index in [9.17, 15) is 4.79 Å². The van der Waals surface area contributed by atoms with Gasteiger partial charge in [0, 0.05) is 30.9 Å². The lowest BCUT2D eigenvalue weighted by Gasteiger charge is -2.23. The molecule has 2 heterocycles. The number of nitrogens with zero attached hydrogens (tertiary/aromatic N) is 1. The average Bonchev–Trinajstić information content (AvgIpc) is 3.25. The fraction of sp³-hybridized carbons (Fsp3) is 0.348. The van der Waals surface area contributed by atoms with Crippen LogP contribution < -0.4 is 15.1 Å². The molecule has 2 aromatic carbocycles. The maximum absolute atomic E-state index is 12.4. The van der Waals surface area contributed by atoms with Crippen LogP contribution in [0.3, 0.4) is 0 Å². The van der Waals surface area contributed by atoms with Gasteiger partial charge in [-0.1, -0.05) is 30.3 Å². The monoisotopic (exact) mass is 362 g/mol. The van der Waals surface area contributed by atoms with Crippen LogP contribution in [0.5, 0.6) is 0 Å². The highest BCUT2D eigenvalue weighted by Gasteiger charge is 2.19. The second-order valence-corrected chi connectivity index (χ2v) is 7.52. The lowest BCUT2D eigenvalue weighted by Crippen LogP contribution is -3.13. The summed E-state index contributed by atoms with van der Waals surface area (Å²) in [5.74, 6) is 0.0930. The molecule has 1 unspecified atom stereocenters. The third-order valence-electron chi connectivity index (χ3n) is 5.56. The van der Waals surface area contributed by atoms with E-state index in [4.69, 9.17) is 0 Å². The van der Waals surface area contributed by atoms with Gasteiger partial charge in [-0.05, 0) is 54.3 Å². The van der Waals surface area contributed by atoms with Crippen molar-refractivity contribution in [2.75, 3.05) is 42.9 Å². The molecular weight excluding hydrogens is 334 g/mol. The number of quaternary nitrogens is 1. The lowest BCUT2D eigenvalue weighted by atomic mass is 10.00. The van der Waals surface area contributed by atoms with Crippen LogP contribution >= 0.6 is 0 Å². The Balaban J connectivity index is 1.28. The van der Waals surface area contributed by atoms with E-state index in [1.54, 1.807) is 0 Å². The van der Waals surface area contributed by atoms with Gasteiger partial charge in [0.05, 0.1) is 13.1 Å². The van der Waals surface area contributed by atoms with Crippen LogP contribution in [0.15, 0.2) is 60.7 Å². The molecule has 1 atom stereocenters. The molecule has 0 spiro atoms. The number of carbonyl (C=O) groups is 1. The van der Waals surface area contributed by atoms with Gasteiger partial charge < -0.3 is 15.1 Å². The number of amides is 1. The Hall–Kier alpha value is -2.59. The molecule has 0 saturated carbocycles. The average molecular weight is 362 g/mol. The van der Waals surface area contributed by atoms with Crippen molar-refractivity contribution >= 4 is 22.9 Å². The minimum atomic E-state index is 0.0930. The van der Waals surface area contributed by atoms with Gasteiger partial charge in [0.2, 0.25) is 0 Å². The zero-order valence-corrected chi connectivity index (χ0v) is 15.8. The van der Waals surface area contributed by atoms with Crippen LogP contribution in [0.4, 0.5) is 11.4 Å². The van der Waals surface area contributed by atoms with E-state index >= 15 is 0 Å². The first-order valence-electron chi connectivity index (χ1n) is 10.0. The second-order valence-electron chi connectivity index (χ2n) is 7.52. The van der Waals surface area contributed by atoms with Gasteiger partial charge in [-0.15, -0.1) is 0 Å². The van der Waals surface area contributed by atoms with Gasteiger partial charge in [-0.3, -0.25) is 4.79 Å². The number of benzene rings is 2. The molecule has 2 aliphatic rings. The maximum atomic E-state index is 12.4. The van der Waals surface area contributed by atoms with E-state index in [0.717, 1.165) is 38.3 Å². The molecule has 4 nitrogen and oxygen atoms in total. The maximum Gasteiger partial charge on any atom is 0.279 e. The summed E-state index contributed by atoms with van der Waals surface area (Å²) in [7, 11) is 0. The molecule has 0 aromatic heterocycles. The van der Waals surface area contributed by atoms with Crippen molar-refractivity contribution in [2.24, 2.45) is 0 Å². The van der Waals surface area contributed by atoms with Gasteiger partial charge in [-0.2, -0.15) is 0 Å². The van der Waals surface area contributed by atoms with Crippen molar-refractivity contribution in [3.05, 3.63) is 66.2 Å². The van der Waals surface area contributed by atoms with Crippen LogP contribution in [0, 0.1) is 0 Å². The molecule has 2 aliphatic heterocycles. The summed E-state index contributed by atoms with van der Waals surface area (Å²) in [5.41, 5.74) is 4.85. The van der Waals surface area contributed by atoms with Crippen LogP contribution in [0.2, 0.25) is 0 Å². The third kappa shape index (κ3) is 4.58. The third-order valence-corrected chi connectivity index (χ3v) is 5.56. The number of anilines is 2. The Kier molecular flexibility index (Phi) is 5.54. The Morgan fingerprint density at radius 1 is 1.00 bits per heavy atom. The van der Waals surface area contributed by atoms with Crippen molar-refractivity contribution in [2.45, 2.75) is 19.3 Å². The highest BCUT2D eigenvalue weighted by molar-refractivity contribution is 5.91. The first-order valence-corrected chi connectivity index (χ1v) is 10.0. The fourth-order valence-corrected chi connectivity index (χ4v) is 4.02. The van der Waals surface area contributed by atoms with Crippen LogP contribution in [0.25, 0.3) is 5.57 Å². The Morgan fingerprint density at radius 2 is 1.74 bits per heavy atom. The predicted octanol–water partition coefficient (Wildman–Crippen LogP) is 2.60. The summed E-state index contributed by atoms with van der Waals surface area (Å²) in [6, 6.07) is 18.8. The molecule has 27 heavy (non-hydrogen) atoms. The van der Waals surface area contributed by atoms with Crippen molar-refractivity contribution in [1.29, 1.82) is 0 Å². The first kappa shape index (κ1) is 17.8. The van der Waals surface area contributed by atoms with Crippen molar-refractivity contribution in [3.8, 4) is 0 Å². The molecule has 1 amide bonds. The summed E-state index contributed by atoms with van der Waals surface area (Å²) in [6.07, 6.45) is 5.86. The fourth-order valence-electron chi connectivity index (χ4n) is 4.02. The largest absolute Gasteiger partial charge is 0.372 e. The second kappa shape index (κ2) is 8.40. The van der Waals surface area contributed by atoms with Crippen molar-refractivity contribution < 1.29 is 9.69 Å². The van der Waals surface area contributed by atoms with E-state index in [0.29, 0.717) is 6.54 Å². The molecule has 0 aliphatic carbocycles. The summed E-state index contributed by atoms with van der Waals surface area (Å²) in [4.78, 5) is 16.1. The predicted molar refractivity (Wildman–Crippen MR) is 111 cm³/mol.